The van der Waals surface area contributed by atoms with E-state index in [1.807, 2.05) is 6.92 Å². The molecule has 0 atom stereocenters. The summed E-state index contributed by atoms with van der Waals surface area (Å²) in [6.07, 6.45) is 2.07. The highest BCUT2D eigenvalue weighted by molar-refractivity contribution is 7.99. The summed E-state index contributed by atoms with van der Waals surface area (Å²) in [5.74, 6) is 0.451. The van der Waals surface area contributed by atoms with Gasteiger partial charge in [-0.3, -0.25) is 4.79 Å². The van der Waals surface area contributed by atoms with E-state index in [4.69, 9.17) is 5.73 Å². The highest BCUT2D eigenvalue weighted by Gasteiger charge is 2.10. The topological polar surface area (TPSA) is 110 Å². The summed E-state index contributed by atoms with van der Waals surface area (Å²) in [7, 11) is 0. The van der Waals surface area contributed by atoms with E-state index >= 15 is 0 Å². The quantitative estimate of drug-likeness (QED) is 0.665. The molecule has 4 N–H and O–H groups in total. The number of thiazole rings is 1. The fraction of sp³-hybridized carbons (Fsp3) is 0.500. The van der Waals surface area contributed by atoms with Crippen LogP contribution >= 0.6 is 23.1 Å². The van der Waals surface area contributed by atoms with Crippen LogP contribution in [0.4, 0.5) is 5.95 Å². The number of carbonyl (C=O) groups is 1. The molecule has 2 aromatic heterocycles. The van der Waals surface area contributed by atoms with Crippen LogP contribution in [0.25, 0.3) is 0 Å². The summed E-state index contributed by atoms with van der Waals surface area (Å²) in [4.78, 5) is 21.3. The van der Waals surface area contributed by atoms with Gasteiger partial charge in [0.25, 0.3) is 0 Å². The first-order valence-electron chi connectivity index (χ1n) is 6.61. The summed E-state index contributed by atoms with van der Waals surface area (Å²) < 4.78 is 0. The van der Waals surface area contributed by atoms with Gasteiger partial charge in [-0.15, -0.1) is 16.4 Å². The zero-order valence-corrected chi connectivity index (χ0v) is 13.6. The number of aromatic nitrogens is 4. The van der Waals surface area contributed by atoms with E-state index in [0.29, 0.717) is 11.7 Å². The maximum absolute atomic E-state index is 11.8. The second-order valence-electron chi connectivity index (χ2n) is 4.43. The molecular formula is C12H18N6OS2. The molecule has 0 fully saturated rings. The van der Waals surface area contributed by atoms with Crippen molar-refractivity contribution in [3.05, 3.63) is 15.6 Å². The van der Waals surface area contributed by atoms with E-state index in [-0.39, 0.29) is 17.6 Å². The van der Waals surface area contributed by atoms with Crippen LogP contribution < -0.4 is 11.1 Å². The second kappa shape index (κ2) is 7.41. The van der Waals surface area contributed by atoms with Crippen molar-refractivity contribution >= 4 is 35.0 Å². The van der Waals surface area contributed by atoms with Crippen LogP contribution in [0.3, 0.4) is 0 Å². The molecule has 0 unspecified atom stereocenters. The number of anilines is 1. The number of amides is 1. The van der Waals surface area contributed by atoms with Gasteiger partial charge >= 0.3 is 0 Å². The first kappa shape index (κ1) is 15.8. The Labute approximate surface area is 131 Å². The Kier molecular flexibility index (Phi) is 5.57. The van der Waals surface area contributed by atoms with Gasteiger partial charge in [0.1, 0.15) is 0 Å². The third kappa shape index (κ3) is 4.71. The van der Waals surface area contributed by atoms with Crippen molar-refractivity contribution < 1.29 is 4.79 Å². The lowest BCUT2D eigenvalue weighted by atomic mass is 10.3. The number of rotatable bonds is 7. The molecule has 0 aliphatic heterocycles. The first-order chi connectivity index (χ1) is 10.1. The van der Waals surface area contributed by atoms with E-state index < -0.39 is 0 Å². The predicted molar refractivity (Wildman–Crippen MR) is 84.2 cm³/mol. The highest BCUT2D eigenvalue weighted by Crippen LogP contribution is 2.19. The van der Waals surface area contributed by atoms with Gasteiger partial charge in [-0.05, 0) is 19.8 Å². The molecule has 0 spiro atoms. The largest absolute Gasteiger partial charge is 0.368 e. The van der Waals surface area contributed by atoms with E-state index in [2.05, 4.69) is 32.4 Å². The molecule has 7 nitrogen and oxygen atoms in total. The number of H-pyrrole nitrogens is 1. The molecule has 0 saturated carbocycles. The summed E-state index contributed by atoms with van der Waals surface area (Å²) >= 11 is 2.91. The van der Waals surface area contributed by atoms with E-state index in [0.717, 1.165) is 28.4 Å². The molecule has 0 bridgehead atoms. The van der Waals surface area contributed by atoms with Crippen LogP contribution in [0, 0.1) is 6.92 Å². The lowest BCUT2D eigenvalue weighted by Crippen LogP contribution is -2.24. The second-order valence-corrected chi connectivity index (χ2v) is 6.55. The number of nitrogens with one attached hydrogen (secondary N) is 2. The number of hydrogen-bond donors (Lipinski definition) is 3. The van der Waals surface area contributed by atoms with Gasteiger partial charge < -0.3 is 11.1 Å². The minimum atomic E-state index is -0.0618. The Morgan fingerprint density at radius 2 is 2.29 bits per heavy atom. The van der Waals surface area contributed by atoms with Crippen LogP contribution in [0.1, 0.15) is 28.9 Å². The van der Waals surface area contributed by atoms with Crippen molar-refractivity contribution in [2.45, 2.75) is 38.4 Å². The molecule has 9 heteroatoms. The molecular weight excluding hydrogens is 308 g/mol. The van der Waals surface area contributed by atoms with Crippen molar-refractivity contribution in [3.8, 4) is 0 Å². The molecule has 21 heavy (non-hydrogen) atoms. The Bertz CT molecular complexity index is 609. The zero-order chi connectivity index (χ0) is 15.2. The van der Waals surface area contributed by atoms with Crippen LogP contribution in [0.2, 0.25) is 0 Å². The molecule has 0 radical (unpaired) electrons. The summed E-state index contributed by atoms with van der Waals surface area (Å²) in [6, 6.07) is 0. The summed E-state index contributed by atoms with van der Waals surface area (Å²) in [5.41, 5.74) is 6.41. The number of nitrogens with two attached hydrogens (primary N) is 1. The van der Waals surface area contributed by atoms with Crippen LogP contribution in [0.5, 0.6) is 0 Å². The molecule has 0 saturated heterocycles. The minimum absolute atomic E-state index is 0.0618. The normalized spacial score (nSPS) is 10.8. The van der Waals surface area contributed by atoms with E-state index in [1.165, 1.54) is 11.8 Å². The maximum Gasteiger partial charge on any atom is 0.230 e. The van der Waals surface area contributed by atoms with Gasteiger partial charge in [0.2, 0.25) is 17.0 Å². The zero-order valence-electron chi connectivity index (χ0n) is 12.0. The van der Waals surface area contributed by atoms with Crippen molar-refractivity contribution in [2.75, 3.05) is 11.5 Å². The number of aryl methyl sites for hydroxylation is 2. The van der Waals surface area contributed by atoms with Gasteiger partial charge in [0.05, 0.1) is 23.0 Å². The fourth-order valence-corrected chi connectivity index (χ4v) is 3.40. The van der Waals surface area contributed by atoms with Crippen LogP contribution in [-0.4, -0.2) is 31.8 Å². The lowest BCUT2D eigenvalue weighted by molar-refractivity contribution is -0.118. The van der Waals surface area contributed by atoms with Gasteiger partial charge in [-0.25, -0.2) is 10.1 Å². The van der Waals surface area contributed by atoms with Crippen molar-refractivity contribution in [1.82, 2.24) is 25.5 Å². The van der Waals surface area contributed by atoms with Crippen LogP contribution in [0.15, 0.2) is 5.16 Å². The smallest absolute Gasteiger partial charge is 0.230 e. The predicted octanol–water partition coefficient (Wildman–Crippen LogP) is 1.51. The Hall–Kier alpha value is -1.61. The molecule has 2 heterocycles. The molecule has 0 aliphatic rings. The van der Waals surface area contributed by atoms with E-state index in [9.17, 15) is 4.79 Å². The van der Waals surface area contributed by atoms with Crippen LogP contribution in [-0.2, 0) is 17.8 Å². The number of thioether (sulfide) groups is 1. The number of hydrogen-bond acceptors (Lipinski definition) is 7. The standard InChI is InChI=1S/C12H18N6OS2/c1-3-4-10-15-7(2)8(21-10)5-14-9(19)6-20-12-16-11(13)17-18-12/h3-6H2,1-2H3,(H,14,19)(H3,13,16,17,18). The number of nitrogens with zero attached hydrogens (tertiary/aromatic N) is 3. The monoisotopic (exact) mass is 326 g/mol. The fourth-order valence-electron chi connectivity index (χ4n) is 1.66. The van der Waals surface area contributed by atoms with Gasteiger partial charge in [0.15, 0.2) is 0 Å². The van der Waals surface area contributed by atoms with Gasteiger partial charge in [0, 0.05) is 4.88 Å². The molecule has 2 aromatic rings. The third-order valence-corrected chi connectivity index (χ3v) is 4.73. The molecule has 1 amide bonds. The lowest BCUT2D eigenvalue weighted by Gasteiger charge is -2.02. The number of carbonyl (C=O) groups excluding carboxylic acids is 1. The molecule has 0 aliphatic carbocycles. The first-order valence-corrected chi connectivity index (χ1v) is 8.41. The Morgan fingerprint density at radius 3 is 2.95 bits per heavy atom. The van der Waals surface area contributed by atoms with Gasteiger partial charge in [-0.1, -0.05) is 18.7 Å². The summed E-state index contributed by atoms with van der Waals surface area (Å²) in [5, 5.41) is 10.9. The number of aromatic amines is 1. The van der Waals surface area contributed by atoms with Crippen molar-refractivity contribution in [3.63, 3.8) is 0 Å². The average Bonchev–Trinajstić information content (AvgIpc) is 3.01. The summed E-state index contributed by atoms with van der Waals surface area (Å²) in [6.45, 7) is 4.62. The van der Waals surface area contributed by atoms with Gasteiger partial charge in [-0.2, -0.15) is 4.98 Å². The molecule has 2 rings (SSSR count). The SMILES string of the molecule is CCCc1nc(C)c(CNC(=O)CSc2n[nH]c(N)n2)s1. The van der Waals surface area contributed by atoms with Crippen molar-refractivity contribution in [1.29, 1.82) is 0 Å². The Balaban J connectivity index is 1.78. The van der Waals surface area contributed by atoms with E-state index in [1.54, 1.807) is 11.3 Å². The highest BCUT2D eigenvalue weighted by atomic mass is 32.2. The maximum atomic E-state index is 11.8. The molecule has 0 aromatic carbocycles. The average molecular weight is 326 g/mol. The molecule has 114 valence electrons. The minimum Gasteiger partial charge on any atom is -0.368 e. The number of nitrogen functional groups attached to an aromatic ring is 1. The van der Waals surface area contributed by atoms with Crippen molar-refractivity contribution in [2.24, 2.45) is 0 Å². The third-order valence-electron chi connectivity index (χ3n) is 2.66. The Morgan fingerprint density at radius 1 is 1.48 bits per heavy atom.